The largest absolute Gasteiger partial charge is 0.495 e. The van der Waals surface area contributed by atoms with Gasteiger partial charge < -0.3 is 14.2 Å². The molecule has 25 heavy (non-hydrogen) atoms. The number of hydrogen-bond donors (Lipinski definition) is 1. The van der Waals surface area contributed by atoms with E-state index in [-0.39, 0.29) is 0 Å². The van der Waals surface area contributed by atoms with Crippen LogP contribution in [0.4, 0.5) is 11.6 Å². The van der Waals surface area contributed by atoms with Crippen molar-refractivity contribution in [2.24, 2.45) is 13.0 Å². The summed E-state index contributed by atoms with van der Waals surface area (Å²) in [5.41, 5.74) is 0.812. The molecule has 8 heteroatoms. The standard InChI is InChI=1S/C17H19N5O3/c1-10-8-21(11-6-4-5-7-12(11)25-3)16-18-14-13(22(16)9-10)15(23)19-17(24)20(14)2/h4-7,10H,8-9H2,1-3H3,(H,19,23,24)/t10-/m0/s1. The van der Waals surface area contributed by atoms with Crippen molar-refractivity contribution in [3.05, 3.63) is 45.1 Å². The number of aryl methyl sites for hydroxylation is 1. The number of hydrogen-bond acceptors (Lipinski definition) is 5. The van der Waals surface area contributed by atoms with Crippen molar-refractivity contribution in [1.82, 2.24) is 19.1 Å². The van der Waals surface area contributed by atoms with E-state index in [0.29, 0.717) is 29.6 Å². The quantitative estimate of drug-likeness (QED) is 0.757. The zero-order valence-electron chi connectivity index (χ0n) is 14.3. The number of benzene rings is 1. The number of ether oxygens (including phenoxy) is 1. The van der Waals surface area contributed by atoms with Gasteiger partial charge in [-0.2, -0.15) is 4.98 Å². The summed E-state index contributed by atoms with van der Waals surface area (Å²) in [5, 5.41) is 0. The van der Waals surface area contributed by atoms with Crippen LogP contribution in [-0.4, -0.2) is 32.8 Å². The van der Waals surface area contributed by atoms with Crippen molar-refractivity contribution in [2.45, 2.75) is 13.5 Å². The van der Waals surface area contributed by atoms with Gasteiger partial charge in [-0.1, -0.05) is 19.1 Å². The van der Waals surface area contributed by atoms with Crippen molar-refractivity contribution >= 4 is 22.8 Å². The van der Waals surface area contributed by atoms with E-state index in [9.17, 15) is 9.59 Å². The number of para-hydroxylation sites is 2. The van der Waals surface area contributed by atoms with Crippen LogP contribution < -0.4 is 20.9 Å². The third-order valence-corrected chi connectivity index (χ3v) is 4.59. The Morgan fingerprint density at radius 2 is 2.00 bits per heavy atom. The topological polar surface area (TPSA) is 85.2 Å². The van der Waals surface area contributed by atoms with Gasteiger partial charge in [-0.25, -0.2) is 4.79 Å². The Bertz CT molecular complexity index is 1080. The van der Waals surface area contributed by atoms with Crippen LogP contribution in [-0.2, 0) is 13.6 Å². The van der Waals surface area contributed by atoms with Gasteiger partial charge in [0.1, 0.15) is 5.75 Å². The molecule has 0 saturated heterocycles. The van der Waals surface area contributed by atoms with Gasteiger partial charge in [0.2, 0.25) is 5.95 Å². The average Bonchev–Trinajstić information content (AvgIpc) is 2.99. The molecule has 4 rings (SSSR count). The second-order valence-electron chi connectivity index (χ2n) is 6.40. The zero-order chi connectivity index (χ0) is 17.7. The number of aromatic nitrogens is 4. The molecule has 3 heterocycles. The first kappa shape index (κ1) is 15.5. The molecule has 0 amide bonds. The number of rotatable bonds is 2. The van der Waals surface area contributed by atoms with E-state index >= 15 is 0 Å². The van der Waals surface area contributed by atoms with Crippen molar-refractivity contribution in [3.8, 4) is 5.75 Å². The van der Waals surface area contributed by atoms with E-state index in [2.05, 4.69) is 16.9 Å². The van der Waals surface area contributed by atoms with Gasteiger partial charge in [0.05, 0.1) is 12.8 Å². The van der Waals surface area contributed by atoms with Crippen LogP contribution >= 0.6 is 0 Å². The number of methoxy groups -OCH3 is 1. The Hall–Kier alpha value is -3.03. The summed E-state index contributed by atoms with van der Waals surface area (Å²) in [5.74, 6) is 1.67. The van der Waals surface area contributed by atoms with E-state index in [4.69, 9.17) is 4.74 Å². The van der Waals surface area contributed by atoms with E-state index < -0.39 is 11.2 Å². The van der Waals surface area contributed by atoms with Gasteiger partial charge in [-0.15, -0.1) is 0 Å². The molecule has 0 saturated carbocycles. The molecule has 1 aromatic carbocycles. The van der Waals surface area contributed by atoms with Gasteiger partial charge in [-0.3, -0.25) is 14.3 Å². The van der Waals surface area contributed by atoms with Crippen LogP contribution in [0.1, 0.15) is 6.92 Å². The third kappa shape index (κ3) is 2.25. The number of anilines is 2. The van der Waals surface area contributed by atoms with E-state index in [1.807, 2.05) is 33.7 Å². The maximum atomic E-state index is 12.4. The molecule has 0 unspecified atom stereocenters. The molecule has 1 aliphatic heterocycles. The number of aromatic amines is 1. The van der Waals surface area contributed by atoms with Crippen LogP contribution in [0.15, 0.2) is 33.9 Å². The maximum Gasteiger partial charge on any atom is 0.329 e. The van der Waals surface area contributed by atoms with Crippen molar-refractivity contribution in [2.75, 3.05) is 18.6 Å². The lowest BCUT2D eigenvalue weighted by molar-refractivity contribution is 0.410. The lowest BCUT2D eigenvalue weighted by atomic mass is 10.1. The van der Waals surface area contributed by atoms with Crippen LogP contribution in [0.2, 0.25) is 0 Å². The van der Waals surface area contributed by atoms with Gasteiger partial charge in [0, 0.05) is 20.1 Å². The molecule has 2 aromatic heterocycles. The Balaban J connectivity index is 2.03. The molecule has 3 aromatic rings. The molecule has 1 atom stereocenters. The number of fused-ring (bicyclic) bond motifs is 3. The van der Waals surface area contributed by atoms with Crippen molar-refractivity contribution < 1.29 is 4.74 Å². The molecule has 0 bridgehead atoms. The van der Waals surface area contributed by atoms with Gasteiger partial charge in [0.25, 0.3) is 5.56 Å². The summed E-state index contributed by atoms with van der Waals surface area (Å²) in [6.45, 7) is 3.53. The minimum absolute atomic E-state index is 0.298. The predicted octanol–water partition coefficient (Wildman–Crippen LogP) is 1.22. The zero-order valence-corrected chi connectivity index (χ0v) is 14.3. The Labute approximate surface area is 143 Å². The molecule has 1 aliphatic rings. The third-order valence-electron chi connectivity index (χ3n) is 4.59. The van der Waals surface area contributed by atoms with E-state index in [0.717, 1.165) is 18.0 Å². The number of nitrogens with zero attached hydrogens (tertiary/aromatic N) is 4. The average molecular weight is 341 g/mol. The highest BCUT2D eigenvalue weighted by Crippen LogP contribution is 2.37. The fourth-order valence-corrected chi connectivity index (χ4v) is 3.42. The monoisotopic (exact) mass is 341 g/mol. The molecule has 0 aliphatic carbocycles. The summed E-state index contributed by atoms with van der Waals surface area (Å²) < 4.78 is 8.74. The van der Waals surface area contributed by atoms with Crippen LogP contribution in [0.5, 0.6) is 5.75 Å². The molecule has 0 radical (unpaired) electrons. The molecule has 8 nitrogen and oxygen atoms in total. The van der Waals surface area contributed by atoms with Crippen molar-refractivity contribution in [1.29, 1.82) is 0 Å². The van der Waals surface area contributed by atoms with E-state index in [1.54, 1.807) is 14.2 Å². The maximum absolute atomic E-state index is 12.4. The summed E-state index contributed by atoms with van der Waals surface area (Å²) >= 11 is 0. The van der Waals surface area contributed by atoms with E-state index in [1.165, 1.54) is 4.57 Å². The first-order chi connectivity index (χ1) is 12.0. The lowest BCUT2D eigenvalue weighted by Crippen LogP contribution is -2.35. The number of imidazole rings is 1. The molecular weight excluding hydrogens is 322 g/mol. The second-order valence-corrected chi connectivity index (χ2v) is 6.40. The second kappa shape index (κ2) is 5.51. The first-order valence-corrected chi connectivity index (χ1v) is 8.11. The van der Waals surface area contributed by atoms with Gasteiger partial charge in [-0.05, 0) is 18.1 Å². The molecule has 0 fully saturated rings. The fraction of sp³-hybridized carbons (Fsp3) is 0.353. The Kier molecular flexibility index (Phi) is 3.41. The lowest BCUT2D eigenvalue weighted by Gasteiger charge is -2.33. The number of H-pyrrole nitrogens is 1. The van der Waals surface area contributed by atoms with Crippen LogP contribution in [0.3, 0.4) is 0 Å². The minimum Gasteiger partial charge on any atom is -0.495 e. The Morgan fingerprint density at radius 3 is 2.76 bits per heavy atom. The molecule has 0 spiro atoms. The molecule has 1 N–H and O–H groups in total. The number of nitrogens with one attached hydrogen (secondary N) is 1. The normalized spacial score (nSPS) is 16.9. The first-order valence-electron chi connectivity index (χ1n) is 8.11. The smallest absolute Gasteiger partial charge is 0.329 e. The Morgan fingerprint density at radius 1 is 1.24 bits per heavy atom. The highest BCUT2D eigenvalue weighted by Gasteiger charge is 2.30. The van der Waals surface area contributed by atoms with Crippen LogP contribution in [0.25, 0.3) is 11.2 Å². The summed E-state index contributed by atoms with van der Waals surface area (Å²) in [4.78, 5) is 33.3. The van der Waals surface area contributed by atoms with Gasteiger partial charge >= 0.3 is 5.69 Å². The molecule has 130 valence electrons. The highest BCUT2D eigenvalue weighted by atomic mass is 16.5. The summed E-state index contributed by atoms with van der Waals surface area (Å²) in [7, 11) is 3.24. The fourth-order valence-electron chi connectivity index (χ4n) is 3.42. The molecular formula is C17H19N5O3. The summed E-state index contributed by atoms with van der Waals surface area (Å²) in [6, 6.07) is 7.70. The SMILES string of the molecule is COc1ccccc1N1C[C@H](C)Cn2c1nc1c2c(=O)[nH]c(=O)n1C. The van der Waals surface area contributed by atoms with Crippen molar-refractivity contribution in [3.63, 3.8) is 0 Å². The van der Waals surface area contributed by atoms with Gasteiger partial charge in [0.15, 0.2) is 11.2 Å². The summed E-state index contributed by atoms with van der Waals surface area (Å²) in [6.07, 6.45) is 0. The highest BCUT2D eigenvalue weighted by molar-refractivity contribution is 5.78. The minimum atomic E-state index is -0.468. The predicted molar refractivity (Wildman–Crippen MR) is 94.8 cm³/mol. The van der Waals surface area contributed by atoms with Crippen LogP contribution in [0, 0.1) is 5.92 Å².